The van der Waals surface area contributed by atoms with Gasteiger partial charge >= 0.3 is 0 Å². The van der Waals surface area contributed by atoms with Crippen molar-refractivity contribution in [2.45, 2.75) is 25.8 Å². The number of amides is 1. The van der Waals surface area contributed by atoms with E-state index in [2.05, 4.69) is 10.6 Å². The Morgan fingerprint density at radius 2 is 2.38 bits per heavy atom. The largest absolute Gasteiger partial charge is 0.456 e. The first-order valence-corrected chi connectivity index (χ1v) is 5.34. The van der Waals surface area contributed by atoms with Crippen molar-refractivity contribution in [1.82, 2.24) is 10.6 Å². The first-order chi connectivity index (χ1) is 7.25. The molecule has 0 saturated carbocycles. The molecule has 2 rings (SSSR count). The van der Waals surface area contributed by atoms with Crippen molar-refractivity contribution in [2.75, 3.05) is 13.1 Å². The van der Waals surface area contributed by atoms with Crippen LogP contribution in [-0.4, -0.2) is 25.0 Å². The molecule has 0 radical (unpaired) electrons. The molecule has 1 aliphatic heterocycles. The van der Waals surface area contributed by atoms with Crippen molar-refractivity contribution in [3.05, 3.63) is 23.7 Å². The van der Waals surface area contributed by atoms with E-state index in [0.717, 1.165) is 31.7 Å². The Kier molecular flexibility index (Phi) is 4.83. The van der Waals surface area contributed by atoms with E-state index in [1.807, 2.05) is 6.92 Å². The van der Waals surface area contributed by atoms with Crippen molar-refractivity contribution in [3.8, 4) is 0 Å². The van der Waals surface area contributed by atoms with Crippen molar-refractivity contribution in [2.24, 2.45) is 0 Å². The minimum Gasteiger partial charge on any atom is -0.456 e. The average Bonchev–Trinajstić information content (AvgIpc) is 2.66. The van der Waals surface area contributed by atoms with Crippen LogP contribution in [-0.2, 0) is 0 Å². The lowest BCUT2D eigenvalue weighted by molar-refractivity contribution is 0.0901. The summed E-state index contributed by atoms with van der Waals surface area (Å²) in [6, 6.07) is 3.74. The molecule has 16 heavy (non-hydrogen) atoms. The third-order valence-corrected chi connectivity index (χ3v) is 2.60. The van der Waals surface area contributed by atoms with E-state index in [1.54, 1.807) is 12.1 Å². The minimum atomic E-state index is -0.114. The molecule has 0 aromatic carbocycles. The topological polar surface area (TPSA) is 54.3 Å². The van der Waals surface area contributed by atoms with Crippen LogP contribution in [0, 0.1) is 6.92 Å². The normalized spacial score (nSPS) is 19.9. The van der Waals surface area contributed by atoms with E-state index in [0.29, 0.717) is 5.76 Å². The Morgan fingerprint density at radius 1 is 1.56 bits per heavy atom. The zero-order valence-electron chi connectivity index (χ0n) is 9.29. The Balaban J connectivity index is 0.00000128. The lowest BCUT2D eigenvalue weighted by atomic mass is 10.1. The molecule has 0 aliphatic carbocycles. The number of hydrogen-bond acceptors (Lipinski definition) is 3. The summed E-state index contributed by atoms with van der Waals surface area (Å²) in [5, 5.41) is 6.20. The summed E-state index contributed by atoms with van der Waals surface area (Å²) in [6.45, 7) is 3.73. The van der Waals surface area contributed by atoms with E-state index in [9.17, 15) is 4.79 Å². The maximum absolute atomic E-state index is 11.7. The Morgan fingerprint density at radius 3 is 2.94 bits per heavy atom. The summed E-state index contributed by atoms with van der Waals surface area (Å²) >= 11 is 0. The van der Waals surface area contributed by atoms with Gasteiger partial charge in [-0.25, -0.2) is 0 Å². The third kappa shape index (κ3) is 3.25. The van der Waals surface area contributed by atoms with Crippen LogP contribution in [0.25, 0.3) is 0 Å². The SMILES string of the molecule is Cc1ccc(C(=O)N[C@@H]2CCCNC2)o1.Cl. The fourth-order valence-corrected chi connectivity index (χ4v) is 1.79. The predicted octanol–water partition coefficient (Wildman–Crippen LogP) is 1.49. The summed E-state index contributed by atoms with van der Waals surface area (Å²) in [5.74, 6) is 1.05. The molecule has 1 amide bonds. The van der Waals surface area contributed by atoms with Crippen LogP contribution in [0.2, 0.25) is 0 Å². The second kappa shape index (κ2) is 5.92. The highest BCUT2D eigenvalue weighted by Gasteiger charge is 2.17. The lowest BCUT2D eigenvalue weighted by Gasteiger charge is -2.23. The Labute approximate surface area is 101 Å². The molecular weight excluding hydrogens is 228 g/mol. The number of piperidine rings is 1. The monoisotopic (exact) mass is 244 g/mol. The van der Waals surface area contributed by atoms with Gasteiger partial charge in [-0.05, 0) is 38.4 Å². The number of aryl methyl sites for hydroxylation is 1. The van der Waals surface area contributed by atoms with E-state index in [-0.39, 0.29) is 24.4 Å². The van der Waals surface area contributed by atoms with Crippen LogP contribution in [0.1, 0.15) is 29.2 Å². The van der Waals surface area contributed by atoms with Gasteiger partial charge in [0.2, 0.25) is 0 Å². The Bertz CT molecular complexity index is 346. The zero-order chi connectivity index (χ0) is 10.7. The van der Waals surface area contributed by atoms with Crippen LogP contribution in [0.4, 0.5) is 0 Å². The summed E-state index contributed by atoms with van der Waals surface area (Å²) < 4.78 is 5.25. The van der Waals surface area contributed by atoms with E-state index in [4.69, 9.17) is 4.42 Å². The molecule has 1 aromatic heterocycles. The molecule has 4 nitrogen and oxygen atoms in total. The number of hydrogen-bond donors (Lipinski definition) is 2. The highest BCUT2D eigenvalue weighted by atomic mass is 35.5. The van der Waals surface area contributed by atoms with Gasteiger partial charge in [0.05, 0.1) is 0 Å². The summed E-state index contributed by atoms with van der Waals surface area (Å²) in [6.07, 6.45) is 2.15. The Hall–Kier alpha value is -1.00. The molecule has 1 aliphatic rings. The number of carbonyl (C=O) groups is 1. The molecule has 5 heteroatoms. The highest BCUT2D eigenvalue weighted by molar-refractivity contribution is 5.91. The summed E-state index contributed by atoms with van der Waals surface area (Å²) in [7, 11) is 0. The first kappa shape index (κ1) is 13.1. The van der Waals surface area contributed by atoms with Crippen LogP contribution in [0.15, 0.2) is 16.5 Å². The van der Waals surface area contributed by atoms with E-state index >= 15 is 0 Å². The quantitative estimate of drug-likeness (QED) is 0.829. The molecule has 1 fully saturated rings. The van der Waals surface area contributed by atoms with Gasteiger partial charge in [-0.15, -0.1) is 12.4 Å². The second-order valence-corrected chi connectivity index (χ2v) is 3.93. The van der Waals surface area contributed by atoms with Crippen LogP contribution >= 0.6 is 12.4 Å². The van der Waals surface area contributed by atoms with Crippen molar-refractivity contribution >= 4 is 18.3 Å². The smallest absolute Gasteiger partial charge is 0.287 e. The molecule has 2 heterocycles. The molecular formula is C11H17ClN2O2. The van der Waals surface area contributed by atoms with Crippen molar-refractivity contribution < 1.29 is 9.21 Å². The highest BCUT2D eigenvalue weighted by Crippen LogP contribution is 2.08. The second-order valence-electron chi connectivity index (χ2n) is 3.93. The third-order valence-electron chi connectivity index (χ3n) is 2.60. The van der Waals surface area contributed by atoms with Gasteiger partial charge in [0.15, 0.2) is 5.76 Å². The summed E-state index contributed by atoms with van der Waals surface area (Å²) in [5.41, 5.74) is 0. The molecule has 0 unspecified atom stereocenters. The zero-order valence-corrected chi connectivity index (χ0v) is 10.1. The van der Waals surface area contributed by atoms with Crippen molar-refractivity contribution in [1.29, 1.82) is 0 Å². The van der Waals surface area contributed by atoms with Crippen LogP contribution < -0.4 is 10.6 Å². The molecule has 1 aromatic rings. The average molecular weight is 245 g/mol. The van der Waals surface area contributed by atoms with Gasteiger partial charge in [-0.1, -0.05) is 0 Å². The fourth-order valence-electron chi connectivity index (χ4n) is 1.79. The van der Waals surface area contributed by atoms with E-state index < -0.39 is 0 Å². The first-order valence-electron chi connectivity index (χ1n) is 5.34. The maximum Gasteiger partial charge on any atom is 0.287 e. The van der Waals surface area contributed by atoms with Gasteiger partial charge < -0.3 is 15.1 Å². The van der Waals surface area contributed by atoms with Gasteiger partial charge in [-0.2, -0.15) is 0 Å². The molecule has 90 valence electrons. The molecule has 0 spiro atoms. The lowest BCUT2D eigenvalue weighted by Crippen LogP contribution is -2.45. The van der Waals surface area contributed by atoms with Gasteiger partial charge in [0.1, 0.15) is 5.76 Å². The molecule has 1 saturated heterocycles. The van der Waals surface area contributed by atoms with Crippen LogP contribution in [0.3, 0.4) is 0 Å². The van der Waals surface area contributed by atoms with Gasteiger partial charge in [0.25, 0.3) is 5.91 Å². The van der Waals surface area contributed by atoms with Crippen LogP contribution in [0.5, 0.6) is 0 Å². The standard InChI is InChI=1S/C11H16N2O2.ClH/c1-8-4-5-10(15-8)11(14)13-9-3-2-6-12-7-9;/h4-5,9,12H,2-3,6-7H2,1H3,(H,13,14);1H/t9-;/m1./s1. The van der Waals surface area contributed by atoms with Crippen molar-refractivity contribution in [3.63, 3.8) is 0 Å². The number of halogens is 1. The van der Waals surface area contributed by atoms with Gasteiger partial charge in [0, 0.05) is 12.6 Å². The molecule has 0 bridgehead atoms. The number of nitrogens with one attached hydrogen (secondary N) is 2. The number of furan rings is 1. The molecule has 2 N–H and O–H groups in total. The summed E-state index contributed by atoms with van der Waals surface area (Å²) in [4.78, 5) is 11.7. The molecule has 1 atom stereocenters. The van der Waals surface area contributed by atoms with Gasteiger partial charge in [-0.3, -0.25) is 4.79 Å². The minimum absolute atomic E-state index is 0. The fraction of sp³-hybridized carbons (Fsp3) is 0.545. The number of carbonyl (C=O) groups excluding carboxylic acids is 1. The number of rotatable bonds is 2. The predicted molar refractivity (Wildman–Crippen MR) is 64.1 cm³/mol. The maximum atomic E-state index is 11.7. The van der Waals surface area contributed by atoms with E-state index in [1.165, 1.54) is 0 Å².